The Hall–Kier alpha value is -3.29. The molecule has 7 nitrogen and oxygen atoms in total. The second kappa shape index (κ2) is 10.4. The van der Waals surface area contributed by atoms with Crippen molar-refractivity contribution in [1.29, 1.82) is 0 Å². The topological polar surface area (TPSA) is 90.9 Å². The highest BCUT2D eigenvalue weighted by Crippen LogP contribution is 2.50. The normalized spacial score (nSPS) is 21.5. The van der Waals surface area contributed by atoms with Gasteiger partial charge < -0.3 is 19.5 Å². The van der Waals surface area contributed by atoms with E-state index in [-0.39, 0.29) is 21.2 Å². The van der Waals surface area contributed by atoms with Crippen LogP contribution in [0.3, 0.4) is 0 Å². The third-order valence-electron chi connectivity index (χ3n) is 6.72. The highest BCUT2D eigenvalue weighted by atomic mass is 35.5. The highest BCUT2D eigenvalue weighted by molar-refractivity contribution is 6.42. The molecule has 188 valence electrons. The van der Waals surface area contributed by atoms with E-state index in [1.165, 1.54) is 14.2 Å². The predicted molar refractivity (Wildman–Crippen MR) is 135 cm³/mol. The zero-order chi connectivity index (χ0) is 26.1. The number of methoxy groups -OCH3 is 3. The Morgan fingerprint density at radius 3 is 2.31 bits per heavy atom. The fourth-order valence-electron chi connectivity index (χ4n) is 5.03. The summed E-state index contributed by atoms with van der Waals surface area (Å²) in [6.07, 6.45) is 0.327. The second-order valence-electron chi connectivity index (χ2n) is 8.57. The van der Waals surface area contributed by atoms with Gasteiger partial charge in [-0.05, 0) is 42.7 Å². The lowest BCUT2D eigenvalue weighted by Crippen LogP contribution is -2.43. The first kappa shape index (κ1) is 25.8. The van der Waals surface area contributed by atoms with E-state index >= 15 is 0 Å². The summed E-state index contributed by atoms with van der Waals surface area (Å²) in [5.74, 6) is -3.57. The van der Waals surface area contributed by atoms with Gasteiger partial charge in [0.1, 0.15) is 11.7 Å². The maximum absolute atomic E-state index is 14.1. The first-order valence-electron chi connectivity index (χ1n) is 11.2. The molecule has 36 heavy (non-hydrogen) atoms. The molecule has 0 fully saturated rings. The molecule has 1 aliphatic carbocycles. The minimum atomic E-state index is -1.12. The highest BCUT2D eigenvalue weighted by Gasteiger charge is 2.49. The smallest absolute Gasteiger partial charge is 0.336 e. The fourth-order valence-corrected chi connectivity index (χ4v) is 5.45. The summed E-state index contributed by atoms with van der Waals surface area (Å²) in [6.45, 7) is 1.74. The van der Waals surface area contributed by atoms with Crippen molar-refractivity contribution in [2.45, 2.75) is 25.2 Å². The number of ether oxygens (including phenoxy) is 3. The Labute approximate surface area is 219 Å². The Balaban J connectivity index is 1.93. The third-order valence-corrected chi connectivity index (χ3v) is 7.55. The number of hydrogen-bond donors (Lipinski definition) is 1. The number of dihydropyridines is 1. The Morgan fingerprint density at radius 2 is 1.69 bits per heavy atom. The van der Waals surface area contributed by atoms with Crippen molar-refractivity contribution in [3.8, 4) is 5.75 Å². The number of nitrogens with one attached hydrogen (secondary N) is 1. The SMILES string of the molecule is COC(=O)C1=C(C)NC2=C(C(=O)C(C(=O)OC)C(c3ccc(OC)cc3)C2)C1c1cccc(Cl)c1Cl. The minimum absolute atomic E-state index is 0.215. The molecule has 0 amide bonds. The van der Waals surface area contributed by atoms with Crippen LogP contribution in [-0.4, -0.2) is 39.1 Å². The van der Waals surface area contributed by atoms with E-state index in [4.69, 9.17) is 37.4 Å². The number of ketones is 1. The van der Waals surface area contributed by atoms with E-state index in [0.29, 0.717) is 29.1 Å². The first-order valence-corrected chi connectivity index (χ1v) is 12.0. The molecule has 0 spiro atoms. The van der Waals surface area contributed by atoms with Crippen LogP contribution < -0.4 is 10.1 Å². The van der Waals surface area contributed by atoms with E-state index in [9.17, 15) is 14.4 Å². The van der Waals surface area contributed by atoms with E-state index in [1.54, 1.807) is 44.4 Å². The summed E-state index contributed by atoms with van der Waals surface area (Å²) < 4.78 is 15.4. The summed E-state index contributed by atoms with van der Waals surface area (Å²) in [5, 5.41) is 3.73. The summed E-state index contributed by atoms with van der Waals surface area (Å²) in [7, 11) is 4.08. The van der Waals surface area contributed by atoms with E-state index in [2.05, 4.69) is 5.32 Å². The molecule has 1 heterocycles. The molecule has 0 radical (unpaired) electrons. The van der Waals surface area contributed by atoms with Gasteiger partial charge in [0.2, 0.25) is 0 Å². The van der Waals surface area contributed by atoms with Gasteiger partial charge in [-0.3, -0.25) is 9.59 Å². The van der Waals surface area contributed by atoms with Crippen molar-refractivity contribution in [3.63, 3.8) is 0 Å². The van der Waals surface area contributed by atoms with E-state index in [1.807, 2.05) is 12.1 Å². The number of Topliss-reactive ketones (excluding diaryl/α,β-unsaturated/α-hetero) is 1. The van der Waals surface area contributed by atoms with E-state index in [0.717, 1.165) is 5.56 Å². The molecule has 2 aliphatic rings. The van der Waals surface area contributed by atoms with Gasteiger partial charge in [-0.15, -0.1) is 0 Å². The average molecular weight is 530 g/mol. The Kier molecular flexibility index (Phi) is 7.43. The number of carbonyl (C=O) groups excluding carboxylic acids is 3. The molecule has 2 aromatic rings. The molecule has 0 saturated carbocycles. The molecule has 3 atom stereocenters. The molecule has 9 heteroatoms. The number of allylic oxidation sites excluding steroid dienone is 3. The fraction of sp³-hybridized carbons (Fsp3) is 0.296. The molecule has 1 aliphatic heterocycles. The van der Waals surface area contributed by atoms with Crippen LogP contribution in [-0.2, 0) is 23.9 Å². The van der Waals surface area contributed by atoms with Crippen LogP contribution in [0.5, 0.6) is 5.75 Å². The van der Waals surface area contributed by atoms with Crippen LogP contribution in [0.4, 0.5) is 0 Å². The van der Waals surface area contributed by atoms with Crippen LogP contribution in [0.2, 0.25) is 10.0 Å². The molecule has 3 unspecified atom stereocenters. The maximum Gasteiger partial charge on any atom is 0.336 e. The van der Waals surface area contributed by atoms with Crippen LogP contribution in [0, 0.1) is 5.92 Å². The monoisotopic (exact) mass is 529 g/mol. The van der Waals surface area contributed by atoms with Gasteiger partial charge >= 0.3 is 11.9 Å². The number of rotatable bonds is 5. The minimum Gasteiger partial charge on any atom is -0.497 e. The summed E-state index contributed by atoms with van der Waals surface area (Å²) in [5.41, 5.74) is 2.88. The molecule has 0 saturated heterocycles. The summed E-state index contributed by atoms with van der Waals surface area (Å²) in [4.78, 5) is 40.1. The van der Waals surface area contributed by atoms with Crippen LogP contribution >= 0.6 is 23.2 Å². The lowest BCUT2D eigenvalue weighted by molar-refractivity contribution is -0.150. The molecule has 2 aromatic carbocycles. The lowest BCUT2D eigenvalue weighted by Gasteiger charge is -2.39. The molecule has 0 aromatic heterocycles. The molecule has 1 N–H and O–H groups in total. The maximum atomic E-state index is 14.1. The molecule has 0 bridgehead atoms. The number of halogens is 2. The zero-order valence-electron chi connectivity index (χ0n) is 20.2. The first-order chi connectivity index (χ1) is 17.2. The van der Waals surface area contributed by atoms with Crippen molar-refractivity contribution in [2.75, 3.05) is 21.3 Å². The van der Waals surface area contributed by atoms with Gasteiger partial charge in [0, 0.05) is 28.8 Å². The largest absolute Gasteiger partial charge is 0.497 e. The number of esters is 2. The van der Waals surface area contributed by atoms with Crippen molar-refractivity contribution >= 4 is 40.9 Å². The van der Waals surface area contributed by atoms with Gasteiger partial charge in [-0.2, -0.15) is 0 Å². The quantitative estimate of drug-likeness (QED) is 0.433. The van der Waals surface area contributed by atoms with Crippen molar-refractivity contribution in [3.05, 3.63) is 86.2 Å². The molecule has 4 rings (SSSR count). The van der Waals surface area contributed by atoms with Crippen molar-refractivity contribution < 1.29 is 28.6 Å². The van der Waals surface area contributed by atoms with Crippen LogP contribution in [0.15, 0.2) is 65.0 Å². The summed E-state index contributed by atoms with van der Waals surface area (Å²) >= 11 is 12.9. The molecular weight excluding hydrogens is 505 g/mol. The lowest BCUT2D eigenvalue weighted by atomic mass is 9.67. The van der Waals surface area contributed by atoms with Gasteiger partial charge in [-0.1, -0.05) is 47.5 Å². The Bertz CT molecular complexity index is 1300. The second-order valence-corrected chi connectivity index (χ2v) is 9.36. The van der Waals surface area contributed by atoms with Crippen molar-refractivity contribution in [1.82, 2.24) is 5.32 Å². The van der Waals surface area contributed by atoms with Gasteiger partial charge in [0.05, 0.1) is 36.9 Å². The van der Waals surface area contributed by atoms with E-state index < -0.39 is 35.5 Å². The van der Waals surface area contributed by atoms with Gasteiger partial charge in [0.15, 0.2) is 5.78 Å². The Morgan fingerprint density at radius 1 is 1.00 bits per heavy atom. The third kappa shape index (κ3) is 4.38. The summed E-state index contributed by atoms with van der Waals surface area (Å²) in [6, 6.07) is 12.2. The van der Waals surface area contributed by atoms with Crippen molar-refractivity contribution in [2.24, 2.45) is 5.92 Å². The number of carbonyl (C=O) groups is 3. The zero-order valence-corrected chi connectivity index (χ0v) is 21.7. The average Bonchev–Trinajstić information content (AvgIpc) is 2.88. The van der Waals surface area contributed by atoms with Crippen LogP contribution in [0.1, 0.15) is 36.3 Å². The standard InChI is InChI=1S/C27H25Cl2NO6/c1-13-20(26(32)35-3)21(16-6-5-7-18(28)24(16)29)23-19(30-13)12-17(22(25(23)31)27(33)36-4)14-8-10-15(34-2)11-9-14/h5-11,17,21-22,30H,12H2,1-4H3. The predicted octanol–water partition coefficient (Wildman–Crippen LogP) is 4.94. The van der Waals surface area contributed by atoms with Gasteiger partial charge in [-0.25, -0.2) is 4.79 Å². The van der Waals surface area contributed by atoms with Gasteiger partial charge in [0.25, 0.3) is 0 Å². The number of benzene rings is 2. The van der Waals surface area contributed by atoms with Crippen LogP contribution in [0.25, 0.3) is 0 Å². The number of hydrogen-bond acceptors (Lipinski definition) is 7. The molecular formula is C27H25Cl2NO6.